The van der Waals surface area contributed by atoms with Crippen LogP contribution >= 0.6 is 0 Å². The first-order valence-corrected chi connectivity index (χ1v) is 5.38. The van der Waals surface area contributed by atoms with Gasteiger partial charge in [-0.05, 0) is 17.5 Å². The van der Waals surface area contributed by atoms with Gasteiger partial charge in [0.15, 0.2) is 0 Å². The summed E-state index contributed by atoms with van der Waals surface area (Å²) in [7, 11) is 1.40. The van der Waals surface area contributed by atoms with Gasteiger partial charge >= 0.3 is 5.97 Å². The third kappa shape index (κ3) is 1.40. The van der Waals surface area contributed by atoms with Gasteiger partial charge in [0.25, 0.3) is 0 Å². The minimum Gasteiger partial charge on any atom is -0.465 e. The Hall–Kier alpha value is -2.29. The van der Waals surface area contributed by atoms with Crippen molar-refractivity contribution in [2.45, 2.75) is 0 Å². The van der Waals surface area contributed by atoms with Crippen LogP contribution in [0.1, 0.15) is 10.4 Å². The van der Waals surface area contributed by atoms with E-state index < -0.39 is 0 Å². The molecule has 0 fully saturated rings. The van der Waals surface area contributed by atoms with E-state index in [-0.39, 0.29) is 5.97 Å². The fraction of sp³-hybridized carbons (Fsp3) is 0.0714. The van der Waals surface area contributed by atoms with Gasteiger partial charge in [-0.1, -0.05) is 24.3 Å². The van der Waals surface area contributed by atoms with Crippen molar-refractivity contribution < 1.29 is 9.53 Å². The number of hydrogen-bond donors (Lipinski definition) is 0. The molecule has 3 nitrogen and oxygen atoms in total. The average molecular weight is 225 g/mol. The summed E-state index contributed by atoms with van der Waals surface area (Å²) in [6, 6.07) is 11.8. The number of hydrogen-bond acceptors (Lipinski definition) is 2. The molecule has 0 aliphatic carbocycles. The van der Waals surface area contributed by atoms with Crippen LogP contribution in [0.4, 0.5) is 0 Å². The lowest BCUT2D eigenvalue weighted by atomic mass is 10.1. The Bertz CT molecular complexity index is 712. The zero-order valence-electron chi connectivity index (χ0n) is 9.38. The number of pyridine rings is 1. The van der Waals surface area contributed by atoms with E-state index in [0.29, 0.717) is 5.56 Å². The van der Waals surface area contributed by atoms with Crippen molar-refractivity contribution in [1.82, 2.24) is 4.40 Å². The number of fused-ring (bicyclic) bond motifs is 3. The lowest BCUT2D eigenvalue weighted by Crippen LogP contribution is -2.00. The molecule has 0 unspecified atom stereocenters. The third-order valence-corrected chi connectivity index (χ3v) is 2.95. The first-order valence-electron chi connectivity index (χ1n) is 5.38. The molecule has 17 heavy (non-hydrogen) atoms. The molecule has 0 bridgehead atoms. The minimum absolute atomic E-state index is 0.302. The van der Waals surface area contributed by atoms with Gasteiger partial charge in [0, 0.05) is 17.8 Å². The van der Waals surface area contributed by atoms with Gasteiger partial charge in [-0.2, -0.15) is 0 Å². The normalized spacial score (nSPS) is 10.9. The lowest BCUT2D eigenvalue weighted by molar-refractivity contribution is 0.0603. The molecule has 3 heteroatoms. The molecule has 84 valence electrons. The molecule has 1 aromatic carbocycles. The Balaban J connectivity index is 2.46. The second kappa shape index (κ2) is 3.63. The molecule has 0 saturated heterocycles. The van der Waals surface area contributed by atoms with Crippen LogP contribution in [0.2, 0.25) is 0 Å². The summed E-state index contributed by atoms with van der Waals surface area (Å²) in [6.45, 7) is 0. The molecular formula is C14H11NO2. The van der Waals surface area contributed by atoms with Crippen molar-refractivity contribution in [3.05, 3.63) is 54.4 Å². The summed E-state index contributed by atoms with van der Waals surface area (Å²) >= 11 is 0. The van der Waals surface area contributed by atoms with Gasteiger partial charge in [0.2, 0.25) is 0 Å². The molecule has 0 radical (unpaired) electrons. The zero-order chi connectivity index (χ0) is 11.8. The quantitative estimate of drug-likeness (QED) is 0.596. The predicted octanol–water partition coefficient (Wildman–Crippen LogP) is 2.88. The Morgan fingerprint density at radius 2 is 1.88 bits per heavy atom. The van der Waals surface area contributed by atoms with Gasteiger partial charge in [0.05, 0.1) is 18.2 Å². The van der Waals surface area contributed by atoms with E-state index in [9.17, 15) is 4.79 Å². The largest absolute Gasteiger partial charge is 0.465 e. The fourth-order valence-corrected chi connectivity index (χ4v) is 2.15. The Morgan fingerprint density at radius 3 is 2.71 bits per heavy atom. The van der Waals surface area contributed by atoms with Crippen molar-refractivity contribution in [1.29, 1.82) is 0 Å². The highest BCUT2D eigenvalue weighted by atomic mass is 16.5. The van der Waals surface area contributed by atoms with Gasteiger partial charge in [0.1, 0.15) is 0 Å². The van der Waals surface area contributed by atoms with E-state index in [0.717, 1.165) is 16.3 Å². The first-order chi connectivity index (χ1) is 8.31. The Morgan fingerprint density at radius 1 is 1.12 bits per heavy atom. The van der Waals surface area contributed by atoms with E-state index in [2.05, 4.69) is 0 Å². The van der Waals surface area contributed by atoms with Crippen molar-refractivity contribution in [2.24, 2.45) is 0 Å². The molecule has 0 N–H and O–H groups in total. The highest BCUT2D eigenvalue weighted by Gasteiger charge is 2.13. The topological polar surface area (TPSA) is 30.7 Å². The van der Waals surface area contributed by atoms with Crippen molar-refractivity contribution >= 4 is 22.3 Å². The van der Waals surface area contributed by atoms with Crippen LogP contribution in [0.5, 0.6) is 0 Å². The van der Waals surface area contributed by atoms with Crippen LogP contribution in [-0.4, -0.2) is 17.5 Å². The molecular weight excluding hydrogens is 214 g/mol. The van der Waals surface area contributed by atoms with Gasteiger partial charge in [-0.25, -0.2) is 4.79 Å². The van der Waals surface area contributed by atoms with E-state index >= 15 is 0 Å². The maximum Gasteiger partial charge on any atom is 0.340 e. The second-order valence-electron chi connectivity index (χ2n) is 3.88. The molecule has 0 atom stereocenters. The number of carbonyl (C=O) groups excluding carboxylic acids is 1. The maximum atomic E-state index is 11.7. The summed E-state index contributed by atoms with van der Waals surface area (Å²) in [5.74, 6) is -0.302. The molecule has 3 rings (SSSR count). The SMILES string of the molecule is COC(=O)c1ccn2ccc3ccccc3c12. The summed E-state index contributed by atoms with van der Waals surface area (Å²) in [5.41, 5.74) is 1.50. The number of rotatable bonds is 1. The summed E-state index contributed by atoms with van der Waals surface area (Å²) in [5, 5.41) is 2.17. The van der Waals surface area contributed by atoms with Crippen LogP contribution in [-0.2, 0) is 4.74 Å². The van der Waals surface area contributed by atoms with Crippen LogP contribution in [0.25, 0.3) is 16.3 Å². The van der Waals surface area contributed by atoms with Crippen molar-refractivity contribution in [3.63, 3.8) is 0 Å². The summed E-state index contributed by atoms with van der Waals surface area (Å²) in [6.07, 6.45) is 3.82. The molecule has 0 amide bonds. The standard InChI is InChI=1S/C14H11NO2/c1-17-14(16)12-7-9-15-8-6-10-4-2-3-5-11(10)13(12)15/h2-9H,1H3. The highest BCUT2D eigenvalue weighted by Crippen LogP contribution is 2.24. The molecule has 2 heterocycles. The first kappa shape index (κ1) is 9.90. The number of nitrogens with zero attached hydrogens (tertiary/aromatic N) is 1. The minimum atomic E-state index is -0.302. The van der Waals surface area contributed by atoms with E-state index in [1.165, 1.54) is 7.11 Å². The molecule has 0 saturated carbocycles. The van der Waals surface area contributed by atoms with Crippen LogP contribution in [0, 0.1) is 0 Å². The molecule has 3 aromatic rings. The molecule has 2 aromatic heterocycles. The Labute approximate surface area is 98.2 Å². The number of methoxy groups -OCH3 is 1. The van der Waals surface area contributed by atoms with E-state index in [4.69, 9.17) is 4.74 Å². The molecule has 0 aliphatic heterocycles. The van der Waals surface area contributed by atoms with Gasteiger partial charge < -0.3 is 9.14 Å². The highest BCUT2D eigenvalue weighted by molar-refractivity contribution is 6.07. The Kier molecular flexibility index (Phi) is 2.11. The van der Waals surface area contributed by atoms with Crippen LogP contribution in [0.15, 0.2) is 48.8 Å². The van der Waals surface area contributed by atoms with Crippen molar-refractivity contribution in [2.75, 3.05) is 7.11 Å². The number of benzene rings is 1. The summed E-state index contributed by atoms with van der Waals surface area (Å²) in [4.78, 5) is 11.7. The zero-order valence-corrected chi connectivity index (χ0v) is 9.38. The number of esters is 1. The average Bonchev–Trinajstić information content (AvgIpc) is 2.82. The molecule has 0 spiro atoms. The van der Waals surface area contributed by atoms with Crippen LogP contribution in [0.3, 0.4) is 0 Å². The van der Waals surface area contributed by atoms with Crippen molar-refractivity contribution in [3.8, 4) is 0 Å². The molecule has 0 aliphatic rings. The smallest absolute Gasteiger partial charge is 0.340 e. The van der Waals surface area contributed by atoms with Gasteiger partial charge in [-0.15, -0.1) is 0 Å². The third-order valence-electron chi connectivity index (χ3n) is 2.95. The number of aromatic nitrogens is 1. The second-order valence-corrected chi connectivity index (χ2v) is 3.88. The maximum absolute atomic E-state index is 11.7. The predicted molar refractivity (Wildman–Crippen MR) is 66.2 cm³/mol. The van der Waals surface area contributed by atoms with E-state index in [1.807, 2.05) is 47.1 Å². The number of ether oxygens (including phenoxy) is 1. The monoisotopic (exact) mass is 225 g/mol. The lowest BCUT2D eigenvalue weighted by Gasteiger charge is -2.03. The summed E-state index contributed by atoms with van der Waals surface area (Å²) < 4.78 is 6.74. The van der Waals surface area contributed by atoms with Crippen LogP contribution < -0.4 is 0 Å². The van der Waals surface area contributed by atoms with E-state index in [1.54, 1.807) is 6.07 Å². The number of carbonyl (C=O) groups is 1. The fourth-order valence-electron chi connectivity index (χ4n) is 2.15. The van der Waals surface area contributed by atoms with Gasteiger partial charge in [-0.3, -0.25) is 0 Å².